The number of ether oxygens (including phenoxy) is 1. The lowest BCUT2D eigenvalue weighted by Gasteiger charge is -2.49. The third kappa shape index (κ3) is 2.59. The monoisotopic (exact) mass is 335 g/mol. The highest BCUT2D eigenvalue weighted by Gasteiger charge is 2.50. The highest BCUT2D eigenvalue weighted by atomic mass is 32.2. The van der Waals surface area contributed by atoms with Crippen molar-refractivity contribution in [1.82, 2.24) is 4.31 Å². The second-order valence-electron chi connectivity index (χ2n) is 5.34. The van der Waals surface area contributed by atoms with Crippen molar-refractivity contribution in [3.8, 4) is 0 Å². The first-order valence-corrected chi connectivity index (χ1v) is 8.74. The van der Waals surface area contributed by atoms with E-state index in [1.807, 2.05) is 0 Å². The zero-order valence-corrected chi connectivity index (χ0v) is 12.6. The topological polar surface area (TPSA) is 83.9 Å². The summed E-state index contributed by atoms with van der Waals surface area (Å²) in [4.78, 5) is 11.2. The molecular formula is C12H14FNO5S2. The normalized spacial score (nSPS) is 25.7. The largest absolute Gasteiger partial charge is 0.479 e. The molecule has 1 spiro atoms. The predicted octanol–water partition coefficient (Wildman–Crippen LogP) is 1.28. The highest BCUT2D eigenvalue weighted by Crippen LogP contribution is 2.41. The van der Waals surface area contributed by atoms with E-state index in [1.165, 1.54) is 6.07 Å². The molecule has 1 atom stereocenters. The maximum absolute atomic E-state index is 13.1. The summed E-state index contributed by atoms with van der Waals surface area (Å²) in [7, 11) is -3.89. The van der Waals surface area contributed by atoms with E-state index < -0.39 is 32.8 Å². The number of aliphatic carboxylic acids is 1. The zero-order valence-electron chi connectivity index (χ0n) is 11.0. The molecule has 1 aliphatic carbocycles. The van der Waals surface area contributed by atoms with Gasteiger partial charge in [-0.1, -0.05) is 11.3 Å². The van der Waals surface area contributed by atoms with Crippen molar-refractivity contribution in [3.05, 3.63) is 17.3 Å². The molecule has 3 rings (SSSR count). The van der Waals surface area contributed by atoms with Crippen LogP contribution in [-0.4, -0.2) is 48.6 Å². The number of sulfonamides is 1. The van der Waals surface area contributed by atoms with Gasteiger partial charge in [0.15, 0.2) is 11.2 Å². The number of carbonyl (C=O) groups is 1. The van der Waals surface area contributed by atoms with Gasteiger partial charge in [0.25, 0.3) is 10.0 Å². The fourth-order valence-corrected chi connectivity index (χ4v) is 5.34. The average Bonchev–Trinajstić information content (AvgIpc) is 2.83. The molecule has 0 radical (unpaired) electrons. The van der Waals surface area contributed by atoms with E-state index in [0.717, 1.165) is 16.8 Å². The molecule has 0 aromatic carbocycles. The van der Waals surface area contributed by atoms with Crippen molar-refractivity contribution in [2.24, 2.45) is 0 Å². The number of thiophene rings is 1. The molecule has 6 nitrogen and oxygen atoms in total. The fourth-order valence-electron chi connectivity index (χ4n) is 2.67. The molecule has 1 saturated heterocycles. The standard InChI is InChI=1S/C12H14FNO5S2/c13-9-2-3-10(20-9)21(17,18)14-6-8(11(15)16)19-12(7-14)4-1-5-12/h2-3,8H,1,4-7H2,(H,15,16). The van der Waals surface area contributed by atoms with E-state index in [1.54, 1.807) is 0 Å². The van der Waals surface area contributed by atoms with Crippen LogP contribution in [0.3, 0.4) is 0 Å². The van der Waals surface area contributed by atoms with Crippen LogP contribution in [0.1, 0.15) is 19.3 Å². The first-order valence-electron chi connectivity index (χ1n) is 6.49. The molecule has 1 unspecified atom stereocenters. The third-order valence-electron chi connectivity index (χ3n) is 3.91. The van der Waals surface area contributed by atoms with Gasteiger partial charge in [-0.15, -0.1) is 0 Å². The lowest BCUT2D eigenvalue weighted by molar-refractivity contribution is -0.195. The van der Waals surface area contributed by atoms with E-state index in [0.29, 0.717) is 24.2 Å². The highest BCUT2D eigenvalue weighted by molar-refractivity contribution is 7.91. The molecule has 2 heterocycles. The molecule has 116 valence electrons. The maximum Gasteiger partial charge on any atom is 0.334 e. The van der Waals surface area contributed by atoms with Crippen LogP contribution < -0.4 is 0 Å². The van der Waals surface area contributed by atoms with Crippen LogP contribution in [-0.2, 0) is 19.6 Å². The van der Waals surface area contributed by atoms with Crippen molar-refractivity contribution in [1.29, 1.82) is 0 Å². The number of hydrogen-bond acceptors (Lipinski definition) is 5. The van der Waals surface area contributed by atoms with E-state index in [-0.39, 0.29) is 17.3 Å². The lowest BCUT2D eigenvalue weighted by atomic mass is 9.79. The van der Waals surface area contributed by atoms with E-state index in [2.05, 4.69) is 0 Å². The Balaban J connectivity index is 1.91. The van der Waals surface area contributed by atoms with Crippen molar-refractivity contribution >= 4 is 27.3 Å². The summed E-state index contributed by atoms with van der Waals surface area (Å²) in [5.41, 5.74) is -0.704. The van der Waals surface area contributed by atoms with Gasteiger partial charge in [0.1, 0.15) is 4.21 Å². The van der Waals surface area contributed by atoms with Gasteiger partial charge in [-0.3, -0.25) is 0 Å². The van der Waals surface area contributed by atoms with Gasteiger partial charge in [0, 0.05) is 6.54 Å². The number of morpholine rings is 1. The minimum absolute atomic E-state index is 0.111. The summed E-state index contributed by atoms with van der Waals surface area (Å²) < 4.78 is 44.7. The third-order valence-corrected chi connectivity index (χ3v) is 7.06. The van der Waals surface area contributed by atoms with Crippen LogP contribution >= 0.6 is 11.3 Å². The van der Waals surface area contributed by atoms with E-state index in [9.17, 15) is 17.6 Å². The van der Waals surface area contributed by atoms with Gasteiger partial charge in [-0.2, -0.15) is 8.70 Å². The maximum atomic E-state index is 13.1. The predicted molar refractivity (Wildman–Crippen MR) is 72.1 cm³/mol. The summed E-state index contributed by atoms with van der Waals surface area (Å²) in [6, 6.07) is 2.29. The van der Waals surface area contributed by atoms with Crippen molar-refractivity contribution in [2.45, 2.75) is 35.2 Å². The quantitative estimate of drug-likeness (QED) is 0.900. The molecule has 1 aromatic rings. The van der Waals surface area contributed by atoms with Crippen molar-refractivity contribution in [3.63, 3.8) is 0 Å². The molecule has 2 aliphatic rings. The van der Waals surface area contributed by atoms with Crippen LogP contribution in [0, 0.1) is 5.13 Å². The van der Waals surface area contributed by atoms with Crippen molar-refractivity contribution in [2.75, 3.05) is 13.1 Å². The fraction of sp³-hybridized carbons (Fsp3) is 0.583. The molecule has 0 bridgehead atoms. The minimum Gasteiger partial charge on any atom is -0.479 e. The summed E-state index contributed by atoms with van der Waals surface area (Å²) in [5, 5.41) is 8.56. The number of carboxylic acids is 1. The van der Waals surface area contributed by atoms with Crippen LogP contribution in [0.2, 0.25) is 0 Å². The Kier molecular flexibility index (Phi) is 3.55. The summed E-state index contributed by atoms with van der Waals surface area (Å²) in [6.07, 6.45) is 0.982. The number of carboxylic acid groups (broad SMARTS) is 1. The molecule has 1 saturated carbocycles. The number of halogens is 1. The molecular weight excluding hydrogens is 321 g/mol. The first kappa shape index (κ1) is 14.9. The van der Waals surface area contributed by atoms with Gasteiger partial charge in [-0.25, -0.2) is 13.2 Å². The molecule has 1 aliphatic heterocycles. The number of hydrogen-bond donors (Lipinski definition) is 1. The molecule has 9 heteroatoms. The smallest absolute Gasteiger partial charge is 0.334 e. The second kappa shape index (κ2) is 5.01. The molecule has 21 heavy (non-hydrogen) atoms. The Hall–Kier alpha value is -1.03. The van der Waals surface area contributed by atoms with Gasteiger partial charge in [0.2, 0.25) is 0 Å². The van der Waals surface area contributed by atoms with Gasteiger partial charge < -0.3 is 9.84 Å². The van der Waals surface area contributed by atoms with Crippen molar-refractivity contribution < 1.29 is 27.4 Å². The Bertz CT molecular complexity index is 667. The molecule has 1 aromatic heterocycles. The van der Waals surface area contributed by atoms with Gasteiger partial charge in [-0.05, 0) is 31.4 Å². The van der Waals surface area contributed by atoms with Crippen LogP contribution in [0.15, 0.2) is 16.3 Å². The Morgan fingerprint density at radius 3 is 2.67 bits per heavy atom. The Morgan fingerprint density at radius 2 is 2.19 bits per heavy atom. The van der Waals surface area contributed by atoms with E-state index in [4.69, 9.17) is 9.84 Å². The second-order valence-corrected chi connectivity index (χ2v) is 8.54. The van der Waals surface area contributed by atoms with Crippen LogP contribution in [0.4, 0.5) is 4.39 Å². The minimum atomic E-state index is -3.89. The Labute approximate surface area is 125 Å². The molecule has 0 amide bonds. The SMILES string of the molecule is O=C(O)C1CN(S(=O)(=O)c2ccc(F)s2)CC2(CCC2)O1. The summed E-state index contributed by atoms with van der Waals surface area (Å²) in [6.45, 7) is -0.127. The average molecular weight is 335 g/mol. The van der Waals surface area contributed by atoms with Crippen LogP contribution in [0.25, 0.3) is 0 Å². The number of nitrogens with zero attached hydrogens (tertiary/aromatic N) is 1. The Morgan fingerprint density at radius 1 is 1.48 bits per heavy atom. The summed E-state index contributed by atoms with van der Waals surface area (Å²) >= 11 is 0.539. The summed E-state index contributed by atoms with van der Waals surface area (Å²) in [5.74, 6) is -1.18. The zero-order chi connectivity index (χ0) is 15.3. The van der Waals surface area contributed by atoms with Crippen LogP contribution in [0.5, 0.6) is 0 Å². The first-order chi connectivity index (χ1) is 9.82. The number of rotatable bonds is 3. The molecule has 1 N–H and O–H groups in total. The lowest BCUT2D eigenvalue weighted by Crippen LogP contribution is -2.61. The molecule has 2 fully saturated rings. The van der Waals surface area contributed by atoms with Gasteiger partial charge >= 0.3 is 5.97 Å². The van der Waals surface area contributed by atoms with Gasteiger partial charge in [0.05, 0.1) is 12.1 Å². The van der Waals surface area contributed by atoms with E-state index >= 15 is 0 Å².